The summed E-state index contributed by atoms with van der Waals surface area (Å²) in [6.07, 6.45) is 1.42. The lowest BCUT2D eigenvalue weighted by Gasteiger charge is -2.31. The molecule has 1 aromatic carbocycles. The monoisotopic (exact) mass is 384 g/mol. The van der Waals surface area contributed by atoms with Crippen molar-refractivity contribution >= 4 is 21.9 Å². The fourth-order valence-electron chi connectivity index (χ4n) is 2.81. The van der Waals surface area contributed by atoms with Crippen LogP contribution in [0.5, 0.6) is 0 Å². The van der Waals surface area contributed by atoms with Gasteiger partial charge in [-0.2, -0.15) is 0 Å². The lowest BCUT2D eigenvalue weighted by Crippen LogP contribution is -2.42. The fourth-order valence-corrected chi connectivity index (χ4v) is 3.79. The number of benzene rings is 1. The molecule has 0 saturated carbocycles. The molecule has 1 saturated heterocycles. The van der Waals surface area contributed by atoms with Gasteiger partial charge in [-0.05, 0) is 44.0 Å². The first-order valence-corrected chi connectivity index (χ1v) is 9.84. The van der Waals surface area contributed by atoms with Gasteiger partial charge >= 0.3 is 5.97 Å². The van der Waals surface area contributed by atoms with E-state index in [1.54, 1.807) is 11.8 Å². The zero-order chi connectivity index (χ0) is 19.3. The summed E-state index contributed by atoms with van der Waals surface area (Å²) in [4.78, 5) is 30.9. The quantitative estimate of drug-likeness (QED) is 0.542. The van der Waals surface area contributed by atoms with Gasteiger partial charge in [-0.1, -0.05) is 4.47 Å². The summed E-state index contributed by atoms with van der Waals surface area (Å²) in [5.41, 5.74) is 0.369. The minimum Gasteiger partial charge on any atom is -0.466 e. The number of carbonyl (C=O) groups excluding carboxylic acids is 2. The number of carbonyl (C=O) groups is 2. The van der Waals surface area contributed by atoms with Crippen molar-refractivity contribution in [1.82, 2.24) is 9.37 Å². The highest BCUT2D eigenvalue weighted by atomic mass is 32.2. The highest BCUT2D eigenvalue weighted by molar-refractivity contribution is 7.89. The molecule has 0 spiro atoms. The van der Waals surface area contributed by atoms with E-state index in [0.717, 1.165) is 10.9 Å². The second kappa shape index (κ2) is 8.61. The van der Waals surface area contributed by atoms with Gasteiger partial charge in [-0.15, -0.1) is 0 Å². The van der Waals surface area contributed by atoms with E-state index < -0.39 is 10.0 Å². The minimum absolute atomic E-state index is 0.0291. The number of sulfonamides is 1. The highest BCUT2D eigenvalue weighted by Gasteiger charge is 2.30. The second-order valence-electron chi connectivity index (χ2n) is 5.96. The molecule has 0 aliphatic carbocycles. The van der Waals surface area contributed by atoms with Crippen LogP contribution in [0.3, 0.4) is 0 Å². The molecular formula is C17H24N2O6S. The molecule has 144 valence electrons. The Balaban J connectivity index is 2.11. The van der Waals surface area contributed by atoms with Crippen molar-refractivity contribution in [3.05, 3.63) is 29.8 Å². The van der Waals surface area contributed by atoms with Crippen LogP contribution in [0.1, 0.15) is 30.1 Å². The third kappa shape index (κ3) is 4.40. The Morgan fingerprint density at radius 1 is 1.27 bits per heavy atom. The molecule has 2 rings (SSSR count). The van der Waals surface area contributed by atoms with Crippen LogP contribution < -0.4 is 0 Å². The molecule has 1 heterocycles. The predicted molar refractivity (Wildman–Crippen MR) is 93.7 cm³/mol. The van der Waals surface area contributed by atoms with Crippen molar-refractivity contribution in [3.63, 3.8) is 0 Å². The van der Waals surface area contributed by atoms with Gasteiger partial charge in [0.2, 0.25) is 0 Å². The van der Waals surface area contributed by atoms with E-state index >= 15 is 0 Å². The molecule has 0 N–H and O–H groups in total. The molecule has 1 aliphatic rings. The number of piperidine rings is 1. The number of amides is 1. The van der Waals surface area contributed by atoms with Crippen LogP contribution in [0.25, 0.3) is 0 Å². The standard InChI is InChI=1S/C17H24N2O6S/c1-4-25-17(21)14-6-5-11-19(12-14)16(20)13-7-9-15(10-8-13)26(22,23)18(2)24-3/h7-10,14H,4-6,11-12H2,1-3H3. The maximum Gasteiger partial charge on any atom is 0.310 e. The number of hydrogen-bond acceptors (Lipinski definition) is 6. The summed E-state index contributed by atoms with van der Waals surface area (Å²) in [6, 6.07) is 5.66. The minimum atomic E-state index is -3.76. The number of likely N-dealkylation sites (tertiary alicyclic amines) is 1. The van der Waals surface area contributed by atoms with Gasteiger partial charge in [0.1, 0.15) is 0 Å². The Kier molecular flexibility index (Phi) is 6.74. The van der Waals surface area contributed by atoms with Gasteiger partial charge in [0.05, 0.1) is 24.5 Å². The first-order valence-electron chi connectivity index (χ1n) is 8.40. The molecule has 0 aromatic heterocycles. The van der Waals surface area contributed by atoms with Crippen molar-refractivity contribution in [3.8, 4) is 0 Å². The Morgan fingerprint density at radius 3 is 2.50 bits per heavy atom. The summed E-state index contributed by atoms with van der Waals surface area (Å²) < 4.78 is 30.1. The summed E-state index contributed by atoms with van der Waals surface area (Å²) in [6.45, 7) is 2.93. The lowest BCUT2D eigenvalue weighted by atomic mass is 9.97. The van der Waals surface area contributed by atoms with Crippen LogP contribution >= 0.6 is 0 Å². The zero-order valence-electron chi connectivity index (χ0n) is 15.2. The highest BCUT2D eigenvalue weighted by Crippen LogP contribution is 2.21. The summed E-state index contributed by atoms with van der Waals surface area (Å²) in [5, 5.41) is 0. The third-order valence-electron chi connectivity index (χ3n) is 4.32. The van der Waals surface area contributed by atoms with Crippen molar-refractivity contribution < 1.29 is 27.6 Å². The molecule has 0 radical (unpaired) electrons. The first-order chi connectivity index (χ1) is 12.3. The summed E-state index contributed by atoms with van der Waals surface area (Å²) in [7, 11) is -1.21. The average Bonchev–Trinajstić information content (AvgIpc) is 2.67. The van der Waals surface area contributed by atoms with Crippen molar-refractivity contribution in [2.24, 2.45) is 5.92 Å². The first kappa shape index (κ1) is 20.3. The SMILES string of the molecule is CCOC(=O)C1CCCN(C(=O)c2ccc(S(=O)(=O)N(C)OC)cc2)C1. The number of esters is 1. The molecule has 1 amide bonds. The molecule has 0 bridgehead atoms. The van der Waals surface area contributed by atoms with Gasteiger partial charge in [-0.25, -0.2) is 8.42 Å². The predicted octanol–water partition coefficient (Wildman–Crippen LogP) is 1.28. The smallest absolute Gasteiger partial charge is 0.310 e. The van der Waals surface area contributed by atoms with Crippen LogP contribution in [0.2, 0.25) is 0 Å². The molecular weight excluding hydrogens is 360 g/mol. The van der Waals surface area contributed by atoms with Crippen LogP contribution in [-0.2, 0) is 24.4 Å². The Bertz CT molecular complexity index is 747. The molecule has 1 unspecified atom stereocenters. The topological polar surface area (TPSA) is 93.2 Å². The Labute approximate surface area is 153 Å². The number of hydrogen-bond donors (Lipinski definition) is 0. The maximum absolute atomic E-state index is 12.7. The van der Waals surface area contributed by atoms with Gasteiger partial charge in [0, 0.05) is 25.7 Å². The van der Waals surface area contributed by atoms with Gasteiger partial charge in [0.25, 0.3) is 15.9 Å². The maximum atomic E-state index is 12.7. The molecule has 8 nitrogen and oxygen atoms in total. The largest absolute Gasteiger partial charge is 0.466 e. The normalized spacial score (nSPS) is 18.0. The molecule has 1 aliphatic heterocycles. The van der Waals surface area contributed by atoms with E-state index in [-0.39, 0.29) is 22.7 Å². The molecule has 1 aromatic rings. The molecule has 9 heteroatoms. The second-order valence-corrected chi connectivity index (χ2v) is 7.90. The van der Waals surface area contributed by atoms with E-state index in [9.17, 15) is 18.0 Å². The molecule has 26 heavy (non-hydrogen) atoms. The van der Waals surface area contributed by atoms with E-state index in [1.165, 1.54) is 38.4 Å². The van der Waals surface area contributed by atoms with Crippen molar-refractivity contribution in [1.29, 1.82) is 0 Å². The average molecular weight is 384 g/mol. The molecule has 1 fully saturated rings. The summed E-state index contributed by atoms with van der Waals surface area (Å²) >= 11 is 0. The number of hydroxylamine groups is 1. The molecule has 1 atom stereocenters. The fraction of sp³-hybridized carbons (Fsp3) is 0.529. The van der Waals surface area contributed by atoms with Crippen LogP contribution in [0.15, 0.2) is 29.2 Å². The van der Waals surface area contributed by atoms with Crippen LogP contribution in [-0.4, -0.2) is 63.5 Å². The summed E-state index contributed by atoms with van der Waals surface area (Å²) in [5.74, 6) is -0.834. The third-order valence-corrected chi connectivity index (χ3v) is 6.02. The Hall–Kier alpha value is -1.97. The number of nitrogens with zero attached hydrogens (tertiary/aromatic N) is 2. The van der Waals surface area contributed by atoms with E-state index in [4.69, 9.17) is 9.57 Å². The van der Waals surface area contributed by atoms with Gasteiger partial charge in [-0.3, -0.25) is 14.4 Å². The van der Waals surface area contributed by atoms with Gasteiger partial charge < -0.3 is 9.64 Å². The van der Waals surface area contributed by atoms with Crippen molar-refractivity contribution in [2.45, 2.75) is 24.7 Å². The van der Waals surface area contributed by atoms with Crippen LogP contribution in [0.4, 0.5) is 0 Å². The Morgan fingerprint density at radius 2 is 1.92 bits per heavy atom. The van der Waals surface area contributed by atoms with E-state index in [2.05, 4.69) is 0 Å². The van der Waals surface area contributed by atoms with E-state index in [0.29, 0.717) is 31.7 Å². The number of rotatable bonds is 6. The van der Waals surface area contributed by atoms with Crippen molar-refractivity contribution in [2.75, 3.05) is 33.9 Å². The number of ether oxygens (including phenoxy) is 1. The van der Waals surface area contributed by atoms with E-state index in [1.807, 2.05) is 0 Å². The lowest BCUT2D eigenvalue weighted by molar-refractivity contribution is -0.149. The van der Waals surface area contributed by atoms with Crippen LogP contribution in [0, 0.1) is 5.92 Å². The van der Waals surface area contributed by atoms with Gasteiger partial charge in [0.15, 0.2) is 0 Å². The zero-order valence-corrected chi connectivity index (χ0v) is 16.0.